The summed E-state index contributed by atoms with van der Waals surface area (Å²) in [6.45, 7) is 7.57. The SMILES string of the molecule is CCOP(=O)(OCC)c1cc(OC)c(P(=O)(OCC)OCC)cc1OC. The minimum atomic E-state index is -3.65. The normalized spacial score (nSPS) is 12.2. The number of benzene rings is 1. The molecule has 1 aromatic rings. The van der Waals surface area contributed by atoms with Gasteiger partial charge in [-0.2, -0.15) is 0 Å². The monoisotopic (exact) mass is 410 g/mol. The molecule has 0 N–H and O–H groups in total. The highest BCUT2D eigenvalue weighted by Crippen LogP contribution is 2.53. The lowest BCUT2D eigenvalue weighted by Crippen LogP contribution is -2.21. The summed E-state index contributed by atoms with van der Waals surface area (Å²) >= 11 is 0. The van der Waals surface area contributed by atoms with E-state index >= 15 is 0 Å². The van der Waals surface area contributed by atoms with Gasteiger partial charge in [0.15, 0.2) is 0 Å². The van der Waals surface area contributed by atoms with Gasteiger partial charge in [0.25, 0.3) is 0 Å². The van der Waals surface area contributed by atoms with Gasteiger partial charge in [0.05, 0.1) is 40.6 Å². The Balaban J connectivity index is 3.65. The fourth-order valence-corrected chi connectivity index (χ4v) is 5.79. The van der Waals surface area contributed by atoms with Crippen LogP contribution < -0.4 is 20.1 Å². The molecule has 10 heteroatoms. The van der Waals surface area contributed by atoms with Crippen molar-refractivity contribution in [2.75, 3.05) is 40.6 Å². The summed E-state index contributed by atoms with van der Waals surface area (Å²) < 4.78 is 58.6. The van der Waals surface area contributed by atoms with E-state index in [-0.39, 0.29) is 48.5 Å². The number of ether oxygens (including phenoxy) is 2. The van der Waals surface area contributed by atoms with Crippen molar-refractivity contribution in [2.45, 2.75) is 27.7 Å². The Morgan fingerprint density at radius 3 is 1.12 bits per heavy atom. The van der Waals surface area contributed by atoms with Crippen LogP contribution in [0, 0.1) is 0 Å². The molecular weight excluding hydrogens is 382 g/mol. The fourth-order valence-electron chi connectivity index (χ4n) is 2.33. The molecule has 0 saturated carbocycles. The molecule has 150 valence electrons. The molecule has 0 aromatic heterocycles. The molecule has 0 aliphatic rings. The second-order valence-electron chi connectivity index (χ2n) is 4.86. The molecule has 0 bridgehead atoms. The summed E-state index contributed by atoms with van der Waals surface area (Å²) in [5.41, 5.74) is 0. The van der Waals surface area contributed by atoms with E-state index < -0.39 is 15.2 Å². The zero-order chi connectivity index (χ0) is 19.8. The van der Waals surface area contributed by atoms with E-state index in [0.717, 1.165) is 0 Å². The summed E-state index contributed by atoms with van der Waals surface area (Å²) in [6.07, 6.45) is 0. The van der Waals surface area contributed by atoms with Crippen molar-refractivity contribution in [3.63, 3.8) is 0 Å². The minimum absolute atomic E-state index is 0.181. The molecule has 0 aliphatic heterocycles. The summed E-state index contributed by atoms with van der Waals surface area (Å²) in [5, 5.41) is 0.368. The van der Waals surface area contributed by atoms with Crippen molar-refractivity contribution in [3.05, 3.63) is 12.1 Å². The van der Waals surface area contributed by atoms with E-state index in [9.17, 15) is 9.13 Å². The third kappa shape index (κ3) is 5.10. The number of hydrogen-bond donors (Lipinski definition) is 0. The molecule has 1 aromatic carbocycles. The first-order valence-electron chi connectivity index (χ1n) is 8.41. The van der Waals surface area contributed by atoms with Crippen LogP contribution in [0.25, 0.3) is 0 Å². The molecule has 0 spiro atoms. The van der Waals surface area contributed by atoms with Crippen LogP contribution >= 0.6 is 15.2 Å². The second-order valence-corrected chi connectivity index (χ2v) is 8.85. The average molecular weight is 410 g/mol. The first kappa shape index (κ1) is 23.2. The van der Waals surface area contributed by atoms with Gasteiger partial charge in [0.2, 0.25) is 0 Å². The van der Waals surface area contributed by atoms with Gasteiger partial charge in [-0.05, 0) is 27.7 Å². The highest BCUT2D eigenvalue weighted by Gasteiger charge is 2.37. The lowest BCUT2D eigenvalue weighted by atomic mass is 10.3. The molecule has 0 atom stereocenters. The van der Waals surface area contributed by atoms with Crippen LogP contribution in [0.2, 0.25) is 0 Å². The predicted octanol–water partition coefficient (Wildman–Crippen LogP) is 3.49. The van der Waals surface area contributed by atoms with Crippen LogP contribution in [0.1, 0.15) is 27.7 Å². The molecule has 26 heavy (non-hydrogen) atoms. The molecule has 0 heterocycles. The molecule has 0 radical (unpaired) electrons. The van der Waals surface area contributed by atoms with Gasteiger partial charge in [-0.3, -0.25) is 9.13 Å². The Bertz CT molecular complexity index is 599. The van der Waals surface area contributed by atoms with E-state index in [4.69, 9.17) is 27.6 Å². The van der Waals surface area contributed by atoms with Crippen molar-refractivity contribution in [3.8, 4) is 11.5 Å². The maximum absolute atomic E-state index is 13.2. The van der Waals surface area contributed by atoms with Gasteiger partial charge in [-0.1, -0.05) is 0 Å². The van der Waals surface area contributed by atoms with Crippen LogP contribution in [-0.2, 0) is 27.2 Å². The van der Waals surface area contributed by atoms with Crippen molar-refractivity contribution >= 4 is 25.8 Å². The third-order valence-corrected chi connectivity index (χ3v) is 7.54. The van der Waals surface area contributed by atoms with E-state index in [1.54, 1.807) is 27.7 Å². The average Bonchev–Trinajstić information content (AvgIpc) is 2.61. The fraction of sp³-hybridized carbons (Fsp3) is 0.625. The molecule has 8 nitrogen and oxygen atoms in total. The third-order valence-electron chi connectivity index (χ3n) is 3.27. The molecule has 0 fully saturated rings. The number of rotatable bonds is 12. The van der Waals surface area contributed by atoms with Crippen molar-refractivity contribution in [1.82, 2.24) is 0 Å². The summed E-state index contributed by atoms with van der Waals surface area (Å²) in [7, 11) is -4.48. The van der Waals surface area contributed by atoms with Crippen molar-refractivity contribution in [2.24, 2.45) is 0 Å². The van der Waals surface area contributed by atoms with Crippen LogP contribution in [0.5, 0.6) is 11.5 Å². The van der Waals surface area contributed by atoms with Gasteiger partial charge in [-0.15, -0.1) is 0 Å². The molecule has 0 unspecified atom stereocenters. The van der Waals surface area contributed by atoms with Crippen LogP contribution in [0.3, 0.4) is 0 Å². The zero-order valence-corrected chi connectivity index (χ0v) is 17.9. The molecule has 0 aliphatic carbocycles. The van der Waals surface area contributed by atoms with Gasteiger partial charge in [0.1, 0.15) is 22.1 Å². The Hall–Kier alpha value is -0.880. The second kappa shape index (κ2) is 10.5. The zero-order valence-electron chi connectivity index (χ0n) is 16.1. The summed E-state index contributed by atoms with van der Waals surface area (Å²) in [4.78, 5) is 0. The highest BCUT2D eigenvalue weighted by atomic mass is 31.2. The number of hydrogen-bond acceptors (Lipinski definition) is 8. The van der Waals surface area contributed by atoms with E-state index in [0.29, 0.717) is 0 Å². The first-order valence-corrected chi connectivity index (χ1v) is 11.5. The highest BCUT2D eigenvalue weighted by molar-refractivity contribution is 7.63. The van der Waals surface area contributed by atoms with Gasteiger partial charge >= 0.3 is 15.2 Å². The summed E-state index contributed by atoms with van der Waals surface area (Å²) in [5.74, 6) is 0.372. The van der Waals surface area contributed by atoms with E-state index in [1.165, 1.54) is 26.4 Å². The Morgan fingerprint density at radius 1 is 0.654 bits per heavy atom. The van der Waals surface area contributed by atoms with E-state index in [2.05, 4.69) is 0 Å². The lowest BCUT2D eigenvalue weighted by Gasteiger charge is -2.24. The molecule has 0 amide bonds. The topological polar surface area (TPSA) is 89.5 Å². The molecular formula is C16H28O8P2. The maximum Gasteiger partial charge on any atom is 0.365 e. The first-order chi connectivity index (χ1) is 12.4. The van der Waals surface area contributed by atoms with E-state index in [1.807, 2.05) is 0 Å². The number of methoxy groups -OCH3 is 2. The van der Waals surface area contributed by atoms with Gasteiger partial charge < -0.3 is 27.6 Å². The Morgan fingerprint density at radius 2 is 0.923 bits per heavy atom. The standard InChI is InChI=1S/C16H28O8P2/c1-7-21-25(17,22-8-2)15-11-14(20-6)16(12-13(15)19-5)26(18,23-9-3)24-10-4/h11-12H,7-10H2,1-6H3. The van der Waals surface area contributed by atoms with Crippen LogP contribution in [0.4, 0.5) is 0 Å². The minimum Gasteiger partial charge on any atom is -0.496 e. The smallest absolute Gasteiger partial charge is 0.365 e. The quantitative estimate of drug-likeness (QED) is 0.484. The van der Waals surface area contributed by atoms with Gasteiger partial charge in [0, 0.05) is 12.1 Å². The van der Waals surface area contributed by atoms with Gasteiger partial charge in [-0.25, -0.2) is 0 Å². The Labute approximate surface area is 155 Å². The Kier molecular flexibility index (Phi) is 9.31. The van der Waals surface area contributed by atoms with Crippen molar-refractivity contribution in [1.29, 1.82) is 0 Å². The predicted molar refractivity (Wildman–Crippen MR) is 101 cm³/mol. The largest absolute Gasteiger partial charge is 0.496 e. The van der Waals surface area contributed by atoms with Crippen LogP contribution in [-0.4, -0.2) is 40.6 Å². The molecule has 0 saturated heterocycles. The summed E-state index contributed by atoms with van der Waals surface area (Å²) in [6, 6.07) is 2.87. The molecule has 1 rings (SSSR count). The lowest BCUT2D eigenvalue weighted by molar-refractivity contribution is 0.227. The van der Waals surface area contributed by atoms with Crippen molar-refractivity contribution < 1.29 is 36.7 Å². The van der Waals surface area contributed by atoms with Crippen LogP contribution in [0.15, 0.2) is 12.1 Å². The maximum atomic E-state index is 13.2.